The zero-order chi connectivity index (χ0) is 9.80. The molecule has 1 fully saturated rings. The first kappa shape index (κ1) is 9.72. The zero-order valence-electron chi connectivity index (χ0n) is 8.95. The van der Waals surface area contributed by atoms with Crippen molar-refractivity contribution in [3.8, 4) is 0 Å². The molecule has 0 bridgehead atoms. The number of likely N-dealkylation sites (tertiary alicyclic amines) is 1. The molecule has 0 spiro atoms. The Morgan fingerprint density at radius 3 is 2.43 bits per heavy atom. The van der Waals surface area contributed by atoms with Crippen molar-refractivity contribution in [1.29, 1.82) is 0 Å². The predicted molar refractivity (Wildman–Crippen MR) is 60.4 cm³/mol. The molecule has 0 aromatic heterocycles. The molecule has 1 aliphatic rings. The predicted octanol–water partition coefficient (Wildman–Crippen LogP) is 2.71. The standard InChI is InChI=1S/C13H19N/c1-12(14-9-5-6-10-14)11-13-7-3-2-4-8-13/h2-4,7-8,12H,5-6,9-11H2,1H3/t12-/m0/s1. The van der Waals surface area contributed by atoms with Crippen molar-refractivity contribution in [3.05, 3.63) is 35.9 Å². The maximum absolute atomic E-state index is 2.60. The molecule has 1 aromatic rings. The van der Waals surface area contributed by atoms with Gasteiger partial charge in [0.1, 0.15) is 0 Å². The van der Waals surface area contributed by atoms with Gasteiger partial charge in [0.2, 0.25) is 0 Å². The highest BCUT2D eigenvalue weighted by atomic mass is 15.2. The van der Waals surface area contributed by atoms with Crippen LogP contribution in [0.1, 0.15) is 25.3 Å². The number of benzene rings is 1. The Kier molecular flexibility index (Phi) is 3.20. The van der Waals surface area contributed by atoms with Gasteiger partial charge in [-0.2, -0.15) is 0 Å². The molecule has 0 saturated carbocycles. The van der Waals surface area contributed by atoms with Crippen molar-refractivity contribution in [1.82, 2.24) is 4.90 Å². The zero-order valence-corrected chi connectivity index (χ0v) is 8.95. The van der Waals surface area contributed by atoms with E-state index >= 15 is 0 Å². The Hall–Kier alpha value is -0.820. The first-order valence-electron chi connectivity index (χ1n) is 5.64. The van der Waals surface area contributed by atoms with E-state index in [2.05, 4.69) is 42.2 Å². The number of rotatable bonds is 3. The average Bonchev–Trinajstić information content (AvgIpc) is 2.72. The van der Waals surface area contributed by atoms with Gasteiger partial charge in [-0.3, -0.25) is 0 Å². The summed E-state index contributed by atoms with van der Waals surface area (Å²) in [7, 11) is 0. The lowest BCUT2D eigenvalue weighted by atomic mass is 10.1. The minimum absolute atomic E-state index is 0.708. The highest BCUT2D eigenvalue weighted by Gasteiger charge is 2.17. The van der Waals surface area contributed by atoms with Crippen LogP contribution in [0.15, 0.2) is 30.3 Å². The monoisotopic (exact) mass is 189 g/mol. The Labute approximate surface area is 86.7 Å². The summed E-state index contributed by atoms with van der Waals surface area (Å²) in [6.45, 7) is 4.94. The second kappa shape index (κ2) is 4.61. The van der Waals surface area contributed by atoms with Crippen molar-refractivity contribution in [3.63, 3.8) is 0 Å². The minimum atomic E-state index is 0.708. The molecule has 0 unspecified atom stereocenters. The van der Waals surface area contributed by atoms with Gasteiger partial charge in [0, 0.05) is 6.04 Å². The molecular formula is C13H19N. The maximum atomic E-state index is 2.60. The lowest BCUT2D eigenvalue weighted by Gasteiger charge is -2.23. The van der Waals surface area contributed by atoms with E-state index in [4.69, 9.17) is 0 Å². The molecule has 0 N–H and O–H groups in total. The van der Waals surface area contributed by atoms with Gasteiger partial charge in [0.05, 0.1) is 0 Å². The third-order valence-electron chi connectivity index (χ3n) is 3.14. The van der Waals surface area contributed by atoms with Crippen molar-refractivity contribution < 1.29 is 0 Å². The van der Waals surface area contributed by atoms with E-state index in [1.165, 1.54) is 37.9 Å². The van der Waals surface area contributed by atoms with Crippen LogP contribution in [0.2, 0.25) is 0 Å². The van der Waals surface area contributed by atoms with Crippen molar-refractivity contribution >= 4 is 0 Å². The molecule has 1 nitrogen and oxygen atoms in total. The fourth-order valence-electron chi connectivity index (χ4n) is 2.27. The van der Waals surface area contributed by atoms with Crippen LogP contribution < -0.4 is 0 Å². The SMILES string of the molecule is C[C@@H](Cc1ccccc1)N1CCCC1. The molecule has 0 radical (unpaired) electrons. The molecule has 2 rings (SSSR count). The lowest BCUT2D eigenvalue weighted by Crippen LogP contribution is -2.31. The molecule has 1 atom stereocenters. The minimum Gasteiger partial charge on any atom is -0.300 e. The van der Waals surface area contributed by atoms with Gasteiger partial charge in [-0.25, -0.2) is 0 Å². The van der Waals surface area contributed by atoms with Gasteiger partial charge in [0.15, 0.2) is 0 Å². The molecule has 1 aromatic carbocycles. The highest BCUT2D eigenvalue weighted by molar-refractivity contribution is 5.15. The Bertz CT molecular complexity index is 262. The smallest absolute Gasteiger partial charge is 0.0107 e. The third-order valence-corrected chi connectivity index (χ3v) is 3.14. The number of nitrogens with zero attached hydrogens (tertiary/aromatic N) is 1. The van der Waals surface area contributed by atoms with E-state index in [1.807, 2.05) is 0 Å². The molecule has 76 valence electrons. The van der Waals surface area contributed by atoms with Crippen LogP contribution in [0, 0.1) is 0 Å². The van der Waals surface area contributed by atoms with Crippen LogP contribution >= 0.6 is 0 Å². The van der Waals surface area contributed by atoms with Gasteiger partial charge >= 0.3 is 0 Å². The molecule has 1 saturated heterocycles. The summed E-state index contributed by atoms with van der Waals surface area (Å²) in [4.78, 5) is 2.60. The number of hydrogen-bond acceptors (Lipinski definition) is 1. The summed E-state index contributed by atoms with van der Waals surface area (Å²) >= 11 is 0. The van der Waals surface area contributed by atoms with E-state index in [9.17, 15) is 0 Å². The summed E-state index contributed by atoms with van der Waals surface area (Å²) in [5, 5.41) is 0. The fourth-order valence-corrected chi connectivity index (χ4v) is 2.27. The Morgan fingerprint density at radius 2 is 1.79 bits per heavy atom. The summed E-state index contributed by atoms with van der Waals surface area (Å²) in [6, 6.07) is 11.5. The van der Waals surface area contributed by atoms with Crippen LogP contribution in [0.25, 0.3) is 0 Å². The van der Waals surface area contributed by atoms with E-state index in [-0.39, 0.29) is 0 Å². The van der Waals surface area contributed by atoms with Crippen LogP contribution in [0.3, 0.4) is 0 Å². The van der Waals surface area contributed by atoms with E-state index < -0.39 is 0 Å². The summed E-state index contributed by atoms with van der Waals surface area (Å²) in [6.07, 6.45) is 3.97. The van der Waals surface area contributed by atoms with Crippen molar-refractivity contribution in [2.45, 2.75) is 32.2 Å². The molecule has 1 heterocycles. The van der Waals surface area contributed by atoms with Crippen LogP contribution in [-0.2, 0) is 6.42 Å². The van der Waals surface area contributed by atoms with E-state index in [0.717, 1.165) is 0 Å². The molecular weight excluding hydrogens is 170 g/mol. The maximum Gasteiger partial charge on any atom is 0.0107 e. The largest absolute Gasteiger partial charge is 0.300 e. The quantitative estimate of drug-likeness (QED) is 0.706. The number of hydrogen-bond donors (Lipinski definition) is 0. The van der Waals surface area contributed by atoms with E-state index in [1.54, 1.807) is 0 Å². The average molecular weight is 189 g/mol. The second-order valence-corrected chi connectivity index (χ2v) is 4.28. The van der Waals surface area contributed by atoms with Gasteiger partial charge in [-0.15, -0.1) is 0 Å². The fraction of sp³-hybridized carbons (Fsp3) is 0.538. The highest BCUT2D eigenvalue weighted by Crippen LogP contribution is 2.14. The first-order chi connectivity index (χ1) is 6.86. The summed E-state index contributed by atoms with van der Waals surface area (Å²) in [5.41, 5.74) is 1.46. The van der Waals surface area contributed by atoms with Gasteiger partial charge < -0.3 is 4.90 Å². The molecule has 14 heavy (non-hydrogen) atoms. The summed E-state index contributed by atoms with van der Waals surface area (Å²) < 4.78 is 0. The molecule has 0 aliphatic carbocycles. The van der Waals surface area contributed by atoms with Crippen LogP contribution in [-0.4, -0.2) is 24.0 Å². The molecule has 1 aliphatic heterocycles. The van der Waals surface area contributed by atoms with Crippen LogP contribution in [0.4, 0.5) is 0 Å². The second-order valence-electron chi connectivity index (χ2n) is 4.28. The molecule has 1 heteroatoms. The lowest BCUT2D eigenvalue weighted by molar-refractivity contribution is 0.258. The van der Waals surface area contributed by atoms with Gasteiger partial charge in [0.25, 0.3) is 0 Å². The van der Waals surface area contributed by atoms with Crippen LogP contribution in [0.5, 0.6) is 0 Å². The van der Waals surface area contributed by atoms with Gasteiger partial charge in [-0.05, 0) is 44.8 Å². The normalized spacial score (nSPS) is 19.8. The van der Waals surface area contributed by atoms with E-state index in [0.29, 0.717) is 6.04 Å². The molecule has 0 amide bonds. The Balaban J connectivity index is 1.90. The Morgan fingerprint density at radius 1 is 1.14 bits per heavy atom. The van der Waals surface area contributed by atoms with Gasteiger partial charge in [-0.1, -0.05) is 30.3 Å². The third kappa shape index (κ3) is 2.36. The van der Waals surface area contributed by atoms with Crippen molar-refractivity contribution in [2.75, 3.05) is 13.1 Å². The topological polar surface area (TPSA) is 3.24 Å². The van der Waals surface area contributed by atoms with Crippen molar-refractivity contribution in [2.24, 2.45) is 0 Å². The summed E-state index contributed by atoms with van der Waals surface area (Å²) in [5.74, 6) is 0. The first-order valence-corrected chi connectivity index (χ1v) is 5.64.